The van der Waals surface area contributed by atoms with Crippen molar-refractivity contribution in [3.8, 4) is 11.3 Å². The molecule has 0 bridgehead atoms. The van der Waals surface area contributed by atoms with Gasteiger partial charge in [0.2, 0.25) is 0 Å². The van der Waals surface area contributed by atoms with E-state index in [2.05, 4.69) is 48.7 Å². The lowest BCUT2D eigenvalue weighted by atomic mass is 9.88. The number of rotatable bonds is 4. The standard InChI is InChI=1S/C19H23NO2/c1-13-4-6-15(7-5-13)17-12-16-18(20(17)8-9-22-3)10-14(2)11-19(16)21/h4-7,12,14H,8-11H2,1-3H3/t14-/m1/s1. The number of aryl methyl sites for hydroxylation is 1. The molecule has 0 saturated carbocycles. The molecule has 0 radical (unpaired) electrons. The van der Waals surface area contributed by atoms with Gasteiger partial charge in [-0.05, 0) is 30.9 Å². The zero-order chi connectivity index (χ0) is 15.7. The topological polar surface area (TPSA) is 31.2 Å². The second-order valence-electron chi connectivity index (χ2n) is 6.34. The SMILES string of the molecule is COCCn1c(-c2ccc(C)cc2)cc2c1C[C@@H](C)CC2=O. The first kappa shape index (κ1) is 15.0. The molecule has 1 atom stereocenters. The molecule has 0 saturated heterocycles. The van der Waals surface area contributed by atoms with Gasteiger partial charge in [0, 0.05) is 37.0 Å². The molecule has 116 valence electrons. The Morgan fingerprint density at radius 1 is 1.23 bits per heavy atom. The van der Waals surface area contributed by atoms with Crippen LogP contribution in [-0.4, -0.2) is 24.1 Å². The predicted molar refractivity (Wildman–Crippen MR) is 88.3 cm³/mol. The number of ketones is 1. The monoisotopic (exact) mass is 297 g/mol. The second kappa shape index (κ2) is 6.09. The van der Waals surface area contributed by atoms with Crippen molar-refractivity contribution in [3.63, 3.8) is 0 Å². The molecule has 2 aromatic rings. The van der Waals surface area contributed by atoms with Gasteiger partial charge in [0.25, 0.3) is 0 Å². The summed E-state index contributed by atoms with van der Waals surface area (Å²) in [5.74, 6) is 0.695. The van der Waals surface area contributed by atoms with Crippen LogP contribution >= 0.6 is 0 Å². The van der Waals surface area contributed by atoms with Gasteiger partial charge < -0.3 is 9.30 Å². The van der Waals surface area contributed by atoms with Crippen LogP contribution in [0, 0.1) is 12.8 Å². The van der Waals surface area contributed by atoms with E-state index < -0.39 is 0 Å². The van der Waals surface area contributed by atoms with Gasteiger partial charge in [-0.15, -0.1) is 0 Å². The summed E-state index contributed by atoms with van der Waals surface area (Å²) in [6.45, 7) is 5.68. The number of methoxy groups -OCH3 is 1. The molecule has 1 aliphatic carbocycles. The van der Waals surface area contributed by atoms with E-state index >= 15 is 0 Å². The number of aromatic nitrogens is 1. The lowest BCUT2D eigenvalue weighted by molar-refractivity contribution is 0.0951. The molecule has 0 fully saturated rings. The average molecular weight is 297 g/mol. The number of hydrogen-bond acceptors (Lipinski definition) is 2. The van der Waals surface area contributed by atoms with Crippen LogP contribution in [0.5, 0.6) is 0 Å². The Morgan fingerprint density at radius 3 is 2.64 bits per heavy atom. The van der Waals surface area contributed by atoms with Crippen molar-refractivity contribution in [3.05, 3.63) is 47.2 Å². The van der Waals surface area contributed by atoms with Crippen molar-refractivity contribution < 1.29 is 9.53 Å². The maximum absolute atomic E-state index is 12.4. The van der Waals surface area contributed by atoms with Gasteiger partial charge in [-0.3, -0.25) is 4.79 Å². The number of carbonyl (C=O) groups is 1. The Hall–Kier alpha value is -1.87. The van der Waals surface area contributed by atoms with Gasteiger partial charge in [0.1, 0.15) is 0 Å². The van der Waals surface area contributed by atoms with E-state index in [1.807, 2.05) is 0 Å². The molecule has 3 rings (SSSR count). The van der Waals surface area contributed by atoms with E-state index in [1.54, 1.807) is 7.11 Å². The molecule has 0 aliphatic heterocycles. The molecule has 3 nitrogen and oxygen atoms in total. The molecule has 0 unspecified atom stereocenters. The molecule has 1 aliphatic rings. The van der Waals surface area contributed by atoms with Crippen molar-refractivity contribution in [1.29, 1.82) is 0 Å². The third-order valence-electron chi connectivity index (χ3n) is 4.45. The summed E-state index contributed by atoms with van der Waals surface area (Å²) in [5.41, 5.74) is 5.62. The highest BCUT2D eigenvalue weighted by Gasteiger charge is 2.27. The Bertz CT molecular complexity index is 682. The summed E-state index contributed by atoms with van der Waals surface area (Å²) < 4.78 is 7.54. The molecule has 0 spiro atoms. The molecule has 0 N–H and O–H groups in total. The molecule has 3 heteroatoms. The molecule has 22 heavy (non-hydrogen) atoms. The fraction of sp³-hybridized carbons (Fsp3) is 0.421. The summed E-state index contributed by atoms with van der Waals surface area (Å²) in [4.78, 5) is 12.4. The number of fused-ring (bicyclic) bond motifs is 1. The Morgan fingerprint density at radius 2 is 1.95 bits per heavy atom. The number of ether oxygens (including phenoxy) is 1. The van der Waals surface area contributed by atoms with Crippen LogP contribution in [-0.2, 0) is 17.7 Å². The maximum atomic E-state index is 12.4. The summed E-state index contributed by atoms with van der Waals surface area (Å²) in [5, 5.41) is 0. The first-order chi connectivity index (χ1) is 10.6. The number of benzene rings is 1. The number of Topliss-reactive ketones (excluding diaryl/α,β-unsaturated/α-hetero) is 1. The number of carbonyl (C=O) groups excluding carboxylic acids is 1. The fourth-order valence-electron chi connectivity index (χ4n) is 3.28. The van der Waals surface area contributed by atoms with Crippen molar-refractivity contribution in [1.82, 2.24) is 4.57 Å². The minimum Gasteiger partial charge on any atom is -0.383 e. The molecular formula is C19H23NO2. The zero-order valence-corrected chi connectivity index (χ0v) is 13.6. The van der Waals surface area contributed by atoms with Gasteiger partial charge in [0.05, 0.1) is 6.61 Å². The van der Waals surface area contributed by atoms with E-state index in [9.17, 15) is 4.79 Å². The van der Waals surface area contributed by atoms with E-state index in [0.29, 0.717) is 18.9 Å². The van der Waals surface area contributed by atoms with Gasteiger partial charge in [-0.25, -0.2) is 0 Å². The Labute approximate surface area is 131 Å². The van der Waals surface area contributed by atoms with Crippen LogP contribution in [0.1, 0.15) is 35.0 Å². The Kier molecular flexibility index (Phi) is 4.16. The number of hydrogen-bond donors (Lipinski definition) is 0. The minimum absolute atomic E-state index is 0.276. The quantitative estimate of drug-likeness (QED) is 0.857. The highest BCUT2D eigenvalue weighted by atomic mass is 16.5. The molecule has 0 amide bonds. The summed E-state index contributed by atoms with van der Waals surface area (Å²) in [7, 11) is 1.72. The highest BCUT2D eigenvalue weighted by molar-refractivity contribution is 5.99. The lowest BCUT2D eigenvalue weighted by Gasteiger charge is -2.21. The first-order valence-corrected chi connectivity index (χ1v) is 7.91. The maximum Gasteiger partial charge on any atom is 0.164 e. The summed E-state index contributed by atoms with van der Waals surface area (Å²) in [6, 6.07) is 10.6. The highest BCUT2D eigenvalue weighted by Crippen LogP contribution is 2.33. The fourth-order valence-corrected chi connectivity index (χ4v) is 3.28. The molecule has 1 aromatic heterocycles. The van der Waals surface area contributed by atoms with Crippen molar-refractivity contribution in [2.75, 3.05) is 13.7 Å². The van der Waals surface area contributed by atoms with Crippen LogP contribution in [0.25, 0.3) is 11.3 Å². The van der Waals surface area contributed by atoms with Crippen molar-refractivity contribution in [2.24, 2.45) is 5.92 Å². The largest absolute Gasteiger partial charge is 0.383 e. The third kappa shape index (κ3) is 2.73. The van der Waals surface area contributed by atoms with Gasteiger partial charge in [-0.2, -0.15) is 0 Å². The first-order valence-electron chi connectivity index (χ1n) is 7.91. The third-order valence-corrected chi connectivity index (χ3v) is 4.45. The second-order valence-corrected chi connectivity index (χ2v) is 6.34. The summed E-state index contributed by atoms with van der Waals surface area (Å²) >= 11 is 0. The summed E-state index contributed by atoms with van der Waals surface area (Å²) in [6.07, 6.45) is 1.63. The smallest absolute Gasteiger partial charge is 0.164 e. The van der Waals surface area contributed by atoms with Crippen LogP contribution in [0.2, 0.25) is 0 Å². The van der Waals surface area contributed by atoms with E-state index in [1.165, 1.54) is 11.3 Å². The van der Waals surface area contributed by atoms with E-state index in [4.69, 9.17) is 4.74 Å². The van der Waals surface area contributed by atoms with Crippen LogP contribution < -0.4 is 0 Å². The molecular weight excluding hydrogens is 274 g/mol. The van der Waals surface area contributed by atoms with Gasteiger partial charge in [-0.1, -0.05) is 36.8 Å². The van der Waals surface area contributed by atoms with Crippen LogP contribution in [0.15, 0.2) is 30.3 Å². The number of nitrogens with zero attached hydrogens (tertiary/aromatic N) is 1. The van der Waals surface area contributed by atoms with E-state index in [0.717, 1.165) is 29.8 Å². The minimum atomic E-state index is 0.276. The Balaban J connectivity index is 2.10. The van der Waals surface area contributed by atoms with Gasteiger partial charge in [0.15, 0.2) is 5.78 Å². The molecule has 1 aromatic carbocycles. The van der Waals surface area contributed by atoms with Gasteiger partial charge >= 0.3 is 0 Å². The zero-order valence-electron chi connectivity index (χ0n) is 13.6. The van der Waals surface area contributed by atoms with Crippen molar-refractivity contribution in [2.45, 2.75) is 33.2 Å². The predicted octanol–water partition coefficient (Wildman–Crippen LogP) is 3.87. The lowest BCUT2D eigenvalue weighted by Crippen LogP contribution is -2.20. The van der Waals surface area contributed by atoms with E-state index in [-0.39, 0.29) is 5.78 Å². The molecule has 1 heterocycles. The van der Waals surface area contributed by atoms with Crippen LogP contribution in [0.4, 0.5) is 0 Å². The normalized spacial score (nSPS) is 17.6. The van der Waals surface area contributed by atoms with Crippen LogP contribution in [0.3, 0.4) is 0 Å². The average Bonchev–Trinajstić information content (AvgIpc) is 2.85. The van der Waals surface area contributed by atoms with Crippen molar-refractivity contribution >= 4 is 5.78 Å².